The summed E-state index contributed by atoms with van der Waals surface area (Å²) < 4.78 is 0. The van der Waals surface area contributed by atoms with Crippen LogP contribution in [0.25, 0.3) is 0 Å². The van der Waals surface area contributed by atoms with Gasteiger partial charge < -0.3 is 10.6 Å². The normalized spacial score (nSPS) is 20.0. The molecule has 0 unspecified atom stereocenters. The van der Waals surface area contributed by atoms with Gasteiger partial charge in [-0.25, -0.2) is 0 Å². The molecule has 0 spiro atoms. The smallest absolute Gasteiger partial charge is 0.166 e. The highest BCUT2D eigenvalue weighted by Gasteiger charge is 2.22. The molecule has 1 aromatic carbocycles. The van der Waals surface area contributed by atoms with E-state index >= 15 is 0 Å². The summed E-state index contributed by atoms with van der Waals surface area (Å²) >= 11 is 5.46. The Morgan fingerprint density at radius 1 is 0.895 bits per heavy atom. The first kappa shape index (κ1) is 12.9. The molecule has 2 N–H and O–H groups in total. The summed E-state index contributed by atoms with van der Waals surface area (Å²) in [5.41, 5.74) is 2.95. The third-order valence-corrected chi connectivity index (χ3v) is 4.56. The molecule has 1 fully saturated rings. The predicted molar refractivity (Wildman–Crippen MR) is 83.4 cm³/mol. The zero-order valence-electron chi connectivity index (χ0n) is 11.3. The van der Waals surface area contributed by atoms with E-state index in [4.69, 9.17) is 12.2 Å². The first-order valence-corrected chi connectivity index (χ1v) is 7.86. The van der Waals surface area contributed by atoms with Gasteiger partial charge in [-0.05, 0) is 49.0 Å². The Bertz CT molecular complexity index is 427. The SMILES string of the molecule is S=C(NC1CCCCC1)NC1Cc2ccccc2C1. The summed E-state index contributed by atoms with van der Waals surface area (Å²) in [6.45, 7) is 0. The van der Waals surface area contributed by atoms with Crippen molar-refractivity contribution in [3.8, 4) is 0 Å². The Kier molecular flexibility index (Phi) is 4.02. The first-order chi connectivity index (χ1) is 9.31. The highest BCUT2D eigenvalue weighted by molar-refractivity contribution is 7.80. The van der Waals surface area contributed by atoms with Crippen LogP contribution in [0.2, 0.25) is 0 Å². The molecule has 0 aromatic heterocycles. The van der Waals surface area contributed by atoms with Crippen LogP contribution in [0.15, 0.2) is 24.3 Å². The van der Waals surface area contributed by atoms with Crippen molar-refractivity contribution >= 4 is 17.3 Å². The highest BCUT2D eigenvalue weighted by Crippen LogP contribution is 2.22. The molecular formula is C16H22N2S. The molecule has 2 nitrogen and oxygen atoms in total. The van der Waals surface area contributed by atoms with E-state index in [1.807, 2.05) is 0 Å². The lowest BCUT2D eigenvalue weighted by atomic mass is 9.96. The van der Waals surface area contributed by atoms with Crippen LogP contribution >= 0.6 is 12.2 Å². The number of benzene rings is 1. The molecule has 0 heterocycles. The Hall–Kier alpha value is -1.09. The zero-order valence-corrected chi connectivity index (χ0v) is 12.1. The van der Waals surface area contributed by atoms with Gasteiger partial charge in [-0.2, -0.15) is 0 Å². The van der Waals surface area contributed by atoms with Crippen molar-refractivity contribution < 1.29 is 0 Å². The van der Waals surface area contributed by atoms with Crippen LogP contribution in [0.1, 0.15) is 43.2 Å². The fourth-order valence-electron chi connectivity index (χ4n) is 3.32. The van der Waals surface area contributed by atoms with Crippen molar-refractivity contribution in [3.05, 3.63) is 35.4 Å². The molecule has 102 valence electrons. The van der Waals surface area contributed by atoms with Crippen LogP contribution in [-0.4, -0.2) is 17.2 Å². The third-order valence-electron chi connectivity index (χ3n) is 4.33. The molecule has 3 rings (SSSR count). The van der Waals surface area contributed by atoms with E-state index in [9.17, 15) is 0 Å². The average molecular weight is 274 g/mol. The number of fused-ring (bicyclic) bond motifs is 1. The minimum absolute atomic E-state index is 0.473. The van der Waals surface area contributed by atoms with Gasteiger partial charge in [0.15, 0.2) is 5.11 Å². The number of nitrogens with one attached hydrogen (secondary N) is 2. The second-order valence-electron chi connectivity index (χ2n) is 5.83. The monoisotopic (exact) mass is 274 g/mol. The van der Waals surface area contributed by atoms with Gasteiger partial charge in [0.25, 0.3) is 0 Å². The molecule has 0 bridgehead atoms. The van der Waals surface area contributed by atoms with Gasteiger partial charge in [0, 0.05) is 12.1 Å². The maximum atomic E-state index is 5.46. The van der Waals surface area contributed by atoms with Crippen LogP contribution in [-0.2, 0) is 12.8 Å². The number of hydrogen-bond acceptors (Lipinski definition) is 1. The minimum atomic E-state index is 0.473. The predicted octanol–water partition coefficient (Wildman–Crippen LogP) is 2.95. The van der Waals surface area contributed by atoms with Crippen LogP contribution < -0.4 is 10.6 Å². The maximum Gasteiger partial charge on any atom is 0.166 e. The van der Waals surface area contributed by atoms with Crippen LogP contribution in [0.5, 0.6) is 0 Å². The second-order valence-corrected chi connectivity index (χ2v) is 6.23. The first-order valence-electron chi connectivity index (χ1n) is 7.45. The summed E-state index contributed by atoms with van der Waals surface area (Å²) in [6.07, 6.45) is 8.81. The van der Waals surface area contributed by atoms with Gasteiger partial charge in [0.2, 0.25) is 0 Å². The van der Waals surface area contributed by atoms with E-state index in [1.54, 1.807) is 0 Å². The quantitative estimate of drug-likeness (QED) is 0.811. The van der Waals surface area contributed by atoms with Crippen molar-refractivity contribution in [1.82, 2.24) is 10.6 Å². The van der Waals surface area contributed by atoms with Crippen molar-refractivity contribution in [2.75, 3.05) is 0 Å². The molecule has 0 saturated heterocycles. The van der Waals surface area contributed by atoms with Crippen molar-refractivity contribution in [3.63, 3.8) is 0 Å². The molecule has 0 atom stereocenters. The van der Waals surface area contributed by atoms with Crippen LogP contribution in [0.4, 0.5) is 0 Å². The zero-order chi connectivity index (χ0) is 13.1. The van der Waals surface area contributed by atoms with Crippen LogP contribution in [0.3, 0.4) is 0 Å². The largest absolute Gasteiger partial charge is 0.360 e. The van der Waals surface area contributed by atoms with E-state index in [1.165, 1.54) is 43.2 Å². The Morgan fingerprint density at radius 2 is 1.47 bits per heavy atom. The van der Waals surface area contributed by atoms with Gasteiger partial charge in [0.1, 0.15) is 0 Å². The van der Waals surface area contributed by atoms with Gasteiger partial charge >= 0.3 is 0 Å². The summed E-state index contributed by atoms with van der Waals surface area (Å²) in [5, 5.41) is 7.84. The van der Waals surface area contributed by atoms with Gasteiger partial charge in [0.05, 0.1) is 0 Å². The Labute approximate surface area is 121 Å². The van der Waals surface area contributed by atoms with E-state index in [0.717, 1.165) is 18.0 Å². The lowest BCUT2D eigenvalue weighted by Gasteiger charge is -2.25. The highest BCUT2D eigenvalue weighted by atomic mass is 32.1. The van der Waals surface area contributed by atoms with E-state index in [2.05, 4.69) is 34.9 Å². The Morgan fingerprint density at radius 3 is 2.11 bits per heavy atom. The van der Waals surface area contributed by atoms with E-state index in [-0.39, 0.29) is 0 Å². The molecule has 2 aliphatic rings. The summed E-state index contributed by atoms with van der Waals surface area (Å²) in [6, 6.07) is 9.78. The standard InChI is InChI=1S/C16H22N2S/c19-16(17-14-8-2-1-3-9-14)18-15-10-12-6-4-5-7-13(12)11-15/h4-7,14-15H,1-3,8-11H2,(H2,17,18,19). The molecule has 1 saturated carbocycles. The van der Waals surface area contributed by atoms with E-state index in [0.29, 0.717) is 12.1 Å². The molecule has 0 aliphatic heterocycles. The van der Waals surface area contributed by atoms with Crippen molar-refractivity contribution in [1.29, 1.82) is 0 Å². The number of hydrogen-bond donors (Lipinski definition) is 2. The molecule has 0 radical (unpaired) electrons. The van der Waals surface area contributed by atoms with E-state index < -0.39 is 0 Å². The van der Waals surface area contributed by atoms with Crippen LogP contribution in [0, 0.1) is 0 Å². The third kappa shape index (κ3) is 3.27. The average Bonchev–Trinajstić information content (AvgIpc) is 2.81. The van der Waals surface area contributed by atoms with Gasteiger partial charge in [-0.3, -0.25) is 0 Å². The molecule has 19 heavy (non-hydrogen) atoms. The second kappa shape index (κ2) is 5.91. The molecular weight excluding hydrogens is 252 g/mol. The number of thiocarbonyl (C=S) groups is 1. The summed E-state index contributed by atoms with van der Waals surface area (Å²) in [4.78, 5) is 0. The maximum absolute atomic E-state index is 5.46. The lowest BCUT2D eigenvalue weighted by Crippen LogP contribution is -2.46. The molecule has 0 amide bonds. The Balaban J connectivity index is 1.49. The minimum Gasteiger partial charge on any atom is -0.360 e. The molecule has 1 aromatic rings. The fraction of sp³-hybridized carbons (Fsp3) is 0.562. The fourth-order valence-corrected chi connectivity index (χ4v) is 3.65. The van der Waals surface area contributed by atoms with Gasteiger partial charge in [-0.1, -0.05) is 43.5 Å². The number of rotatable bonds is 2. The van der Waals surface area contributed by atoms with Crippen molar-refractivity contribution in [2.45, 2.75) is 57.0 Å². The molecule has 3 heteroatoms. The lowest BCUT2D eigenvalue weighted by molar-refractivity contribution is 0.410. The van der Waals surface area contributed by atoms with Crippen molar-refractivity contribution in [2.24, 2.45) is 0 Å². The topological polar surface area (TPSA) is 24.1 Å². The molecule has 2 aliphatic carbocycles. The summed E-state index contributed by atoms with van der Waals surface area (Å²) in [7, 11) is 0. The summed E-state index contributed by atoms with van der Waals surface area (Å²) in [5.74, 6) is 0. The van der Waals surface area contributed by atoms with Gasteiger partial charge in [-0.15, -0.1) is 0 Å².